The number of carbonyl (C=O) groups is 2. The lowest BCUT2D eigenvalue weighted by atomic mass is 10.1. The molecule has 0 aliphatic heterocycles. The lowest BCUT2D eigenvalue weighted by molar-refractivity contribution is -0.132. The minimum Gasteiger partial charge on any atom is -0.490 e. The van der Waals surface area contributed by atoms with Crippen molar-refractivity contribution >= 4 is 52.1 Å². The number of hydrogen-bond donors (Lipinski definition) is 2. The van der Waals surface area contributed by atoms with E-state index in [9.17, 15) is 14.7 Å². The maximum Gasteiger partial charge on any atom is 0.352 e. The summed E-state index contributed by atoms with van der Waals surface area (Å²) in [6.45, 7) is 2.47. The topological polar surface area (TPSA) is 84.9 Å². The third-order valence-electron chi connectivity index (χ3n) is 4.45. The fourth-order valence-electron chi connectivity index (χ4n) is 2.91. The van der Waals surface area contributed by atoms with Crippen LogP contribution in [0.15, 0.2) is 72.4 Å². The van der Waals surface area contributed by atoms with Gasteiger partial charge >= 0.3 is 5.97 Å². The lowest BCUT2D eigenvalue weighted by Crippen LogP contribution is -2.27. The molecule has 170 valence electrons. The summed E-state index contributed by atoms with van der Waals surface area (Å²) in [4.78, 5) is 24.1. The summed E-state index contributed by atoms with van der Waals surface area (Å²) in [7, 11) is 0. The second-order valence-electron chi connectivity index (χ2n) is 6.86. The first kappa shape index (κ1) is 24.6. The van der Waals surface area contributed by atoms with Gasteiger partial charge in [-0.25, -0.2) is 4.79 Å². The number of rotatable bonds is 9. The van der Waals surface area contributed by atoms with E-state index in [-0.39, 0.29) is 10.7 Å². The fourth-order valence-corrected chi connectivity index (χ4v) is 3.55. The SMILES string of the molecule is CCOc1cc(/C=C(/NC(=O)c2ccccc2)C(=O)O)cc(Cl)c1OCc1ccc(I)cc1. The molecule has 0 aromatic heterocycles. The first-order chi connectivity index (χ1) is 15.9. The standard InChI is InChI=1S/C25H21ClINO5/c1-2-32-22-14-17(12-20(26)23(22)33-15-16-8-10-19(27)11-9-16)13-21(25(30)31)28-24(29)18-6-4-3-5-7-18/h3-14H,2,15H2,1H3,(H,28,29)(H,30,31)/b21-13+. The molecule has 0 saturated heterocycles. The van der Waals surface area contributed by atoms with Crippen molar-refractivity contribution in [3.63, 3.8) is 0 Å². The molecule has 2 N–H and O–H groups in total. The molecule has 0 radical (unpaired) electrons. The Morgan fingerprint density at radius 2 is 1.76 bits per heavy atom. The van der Waals surface area contributed by atoms with Gasteiger partial charge in [-0.2, -0.15) is 0 Å². The summed E-state index contributed by atoms with van der Waals surface area (Å²) < 4.78 is 12.7. The number of aliphatic carboxylic acids is 1. The van der Waals surface area contributed by atoms with Crippen molar-refractivity contribution in [3.8, 4) is 11.5 Å². The average Bonchev–Trinajstić information content (AvgIpc) is 2.80. The summed E-state index contributed by atoms with van der Waals surface area (Å²) in [5, 5.41) is 12.3. The predicted octanol–water partition coefficient (Wildman–Crippen LogP) is 5.78. The van der Waals surface area contributed by atoms with Crippen molar-refractivity contribution in [3.05, 3.63) is 97.7 Å². The highest BCUT2D eigenvalue weighted by Crippen LogP contribution is 2.38. The number of hydrogen-bond acceptors (Lipinski definition) is 4. The molecule has 0 bridgehead atoms. The van der Waals surface area contributed by atoms with Gasteiger partial charge in [-0.3, -0.25) is 4.79 Å². The number of carbonyl (C=O) groups excluding carboxylic acids is 1. The van der Waals surface area contributed by atoms with Crippen molar-refractivity contribution in [2.45, 2.75) is 13.5 Å². The van der Waals surface area contributed by atoms with E-state index in [1.54, 1.807) is 42.5 Å². The number of nitrogens with one attached hydrogen (secondary N) is 1. The Hall–Kier alpha value is -3.04. The minimum atomic E-state index is -1.28. The molecule has 3 rings (SSSR count). The highest BCUT2D eigenvalue weighted by atomic mass is 127. The number of benzene rings is 3. The van der Waals surface area contributed by atoms with Gasteiger partial charge in [0.1, 0.15) is 12.3 Å². The molecule has 33 heavy (non-hydrogen) atoms. The van der Waals surface area contributed by atoms with Crippen LogP contribution >= 0.6 is 34.2 Å². The smallest absolute Gasteiger partial charge is 0.352 e. The molecular formula is C25H21ClINO5. The van der Waals surface area contributed by atoms with Crippen LogP contribution in [0.5, 0.6) is 11.5 Å². The molecule has 0 aliphatic carbocycles. The number of carboxylic acid groups (broad SMARTS) is 1. The Labute approximate surface area is 210 Å². The van der Waals surface area contributed by atoms with E-state index in [1.165, 1.54) is 6.08 Å². The van der Waals surface area contributed by atoms with Gasteiger partial charge in [0.25, 0.3) is 5.91 Å². The Bertz CT molecular complexity index is 1160. The molecule has 8 heteroatoms. The van der Waals surface area contributed by atoms with Gasteiger partial charge in [0.05, 0.1) is 11.6 Å². The van der Waals surface area contributed by atoms with Gasteiger partial charge in [-0.15, -0.1) is 0 Å². The third kappa shape index (κ3) is 6.97. The Balaban J connectivity index is 1.86. The Morgan fingerprint density at radius 1 is 1.06 bits per heavy atom. The van der Waals surface area contributed by atoms with Gasteiger partial charge in [-0.1, -0.05) is 41.9 Å². The van der Waals surface area contributed by atoms with Gasteiger partial charge < -0.3 is 19.9 Å². The highest BCUT2D eigenvalue weighted by molar-refractivity contribution is 14.1. The second-order valence-corrected chi connectivity index (χ2v) is 8.51. The largest absolute Gasteiger partial charge is 0.490 e. The summed E-state index contributed by atoms with van der Waals surface area (Å²) in [5.41, 5.74) is 1.46. The Morgan fingerprint density at radius 3 is 2.39 bits per heavy atom. The van der Waals surface area contributed by atoms with E-state index in [0.29, 0.717) is 35.8 Å². The van der Waals surface area contributed by atoms with Crippen LogP contribution in [0.4, 0.5) is 0 Å². The second kappa shape index (κ2) is 11.7. The monoisotopic (exact) mass is 577 g/mol. The van der Waals surface area contributed by atoms with Crippen molar-refractivity contribution in [1.29, 1.82) is 0 Å². The summed E-state index contributed by atoms with van der Waals surface area (Å²) in [5.74, 6) is -1.08. The summed E-state index contributed by atoms with van der Waals surface area (Å²) in [6.07, 6.45) is 1.32. The molecule has 0 heterocycles. The number of carboxylic acids is 1. The van der Waals surface area contributed by atoms with Crippen LogP contribution in [-0.4, -0.2) is 23.6 Å². The molecule has 0 unspecified atom stereocenters. The van der Waals surface area contributed by atoms with Crippen LogP contribution in [0, 0.1) is 3.57 Å². The summed E-state index contributed by atoms with van der Waals surface area (Å²) in [6, 6.07) is 19.4. The third-order valence-corrected chi connectivity index (χ3v) is 5.45. The van der Waals surface area contributed by atoms with E-state index in [1.807, 2.05) is 31.2 Å². The van der Waals surface area contributed by atoms with E-state index >= 15 is 0 Å². The first-order valence-corrected chi connectivity index (χ1v) is 11.5. The number of amides is 1. The van der Waals surface area contributed by atoms with E-state index < -0.39 is 11.9 Å². The lowest BCUT2D eigenvalue weighted by Gasteiger charge is -2.15. The van der Waals surface area contributed by atoms with Crippen LogP contribution in [0.25, 0.3) is 6.08 Å². The zero-order valence-corrected chi connectivity index (χ0v) is 20.6. The van der Waals surface area contributed by atoms with Gasteiger partial charge in [0.15, 0.2) is 11.5 Å². The molecule has 6 nitrogen and oxygen atoms in total. The van der Waals surface area contributed by atoms with E-state index in [0.717, 1.165) is 9.13 Å². The van der Waals surface area contributed by atoms with Crippen LogP contribution in [0.1, 0.15) is 28.4 Å². The maximum atomic E-state index is 12.4. The maximum absolute atomic E-state index is 12.4. The van der Waals surface area contributed by atoms with E-state index in [4.69, 9.17) is 21.1 Å². The summed E-state index contributed by atoms with van der Waals surface area (Å²) >= 11 is 8.69. The molecule has 0 spiro atoms. The van der Waals surface area contributed by atoms with E-state index in [2.05, 4.69) is 27.9 Å². The van der Waals surface area contributed by atoms with Crippen molar-refractivity contribution in [2.75, 3.05) is 6.61 Å². The predicted molar refractivity (Wildman–Crippen MR) is 136 cm³/mol. The molecule has 3 aromatic carbocycles. The number of halogens is 2. The molecule has 0 fully saturated rings. The van der Waals surface area contributed by atoms with Gasteiger partial charge in [-0.05, 0) is 83.1 Å². The quantitative estimate of drug-likeness (QED) is 0.249. The highest BCUT2D eigenvalue weighted by Gasteiger charge is 2.16. The van der Waals surface area contributed by atoms with Crippen LogP contribution in [-0.2, 0) is 11.4 Å². The number of ether oxygens (including phenoxy) is 2. The normalized spacial score (nSPS) is 11.1. The zero-order valence-electron chi connectivity index (χ0n) is 17.7. The minimum absolute atomic E-state index is 0.261. The zero-order chi connectivity index (χ0) is 23.8. The molecule has 0 atom stereocenters. The Kier molecular flexibility index (Phi) is 8.73. The van der Waals surface area contributed by atoms with Crippen molar-refractivity contribution in [2.24, 2.45) is 0 Å². The molecule has 3 aromatic rings. The first-order valence-electron chi connectivity index (χ1n) is 10.0. The van der Waals surface area contributed by atoms with Crippen LogP contribution in [0.3, 0.4) is 0 Å². The van der Waals surface area contributed by atoms with Gasteiger partial charge in [0.2, 0.25) is 0 Å². The molecular weight excluding hydrogens is 557 g/mol. The molecule has 0 saturated carbocycles. The van der Waals surface area contributed by atoms with Crippen molar-refractivity contribution < 1.29 is 24.2 Å². The average molecular weight is 578 g/mol. The molecule has 0 aliphatic rings. The van der Waals surface area contributed by atoms with Crippen molar-refractivity contribution in [1.82, 2.24) is 5.32 Å². The van der Waals surface area contributed by atoms with Crippen LogP contribution < -0.4 is 14.8 Å². The molecule has 1 amide bonds. The fraction of sp³-hybridized carbons (Fsp3) is 0.120. The van der Waals surface area contributed by atoms with Crippen LogP contribution in [0.2, 0.25) is 5.02 Å². The van der Waals surface area contributed by atoms with Gasteiger partial charge in [0, 0.05) is 9.13 Å².